The molecule has 0 aliphatic rings. The van der Waals surface area contributed by atoms with Gasteiger partial charge in [0.05, 0.1) is 6.61 Å². The van der Waals surface area contributed by atoms with Crippen LogP contribution in [0.25, 0.3) is 0 Å². The number of phenols is 1. The zero-order valence-electron chi connectivity index (χ0n) is 9.27. The first kappa shape index (κ1) is 12.0. The molecular weight excluding hydrogens is 190 g/mol. The first-order valence-corrected chi connectivity index (χ1v) is 5.33. The Morgan fingerprint density at radius 3 is 2.33 bits per heavy atom. The Balaban J connectivity index is 2.60. The van der Waals surface area contributed by atoms with Crippen molar-refractivity contribution in [2.45, 2.75) is 32.4 Å². The van der Waals surface area contributed by atoms with Crippen molar-refractivity contribution in [1.29, 1.82) is 0 Å². The van der Waals surface area contributed by atoms with E-state index in [1.807, 2.05) is 26.0 Å². The summed E-state index contributed by atoms with van der Waals surface area (Å²) in [6, 6.07) is 7.44. The van der Waals surface area contributed by atoms with Gasteiger partial charge < -0.3 is 15.5 Å². The summed E-state index contributed by atoms with van der Waals surface area (Å²) in [5.74, 6) is 0.278. The van der Waals surface area contributed by atoms with E-state index < -0.39 is 0 Å². The molecule has 84 valence electrons. The average Bonchev–Trinajstić information content (AvgIpc) is 2.26. The number of nitrogens with one attached hydrogen (secondary N) is 1. The lowest BCUT2D eigenvalue weighted by Crippen LogP contribution is -2.33. The summed E-state index contributed by atoms with van der Waals surface area (Å²) in [6.07, 6.45) is 0.902. The summed E-state index contributed by atoms with van der Waals surface area (Å²) in [5.41, 5.74) is 1.11. The van der Waals surface area contributed by atoms with E-state index in [0.29, 0.717) is 0 Å². The van der Waals surface area contributed by atoms with Crippen molar-refractivity contribution < 1.29 is 10.2 Å². The smallest absolute Gasteiger partial charge is 0.115 e. The molecule has 1 aromatic carbocycles. The van der Waals surface area contributed by atoms with Gasteiger partial charge in [-0.25, -0.2) is 0 Å². The third-order valence-electron chi connectivity index (χ3n) is 2.59. The Labute approximate surface area is 90.8 Å². The highest BCUT2D eigenvalue weighted by molar-refractivity contribution is 5.27. The molecule has 1 rings (SSSR count). The molecule has 3 heteroatoms. The molecule has 0 spiro atoms. The minimum absolute atomic E-state index is 0.133. The van der Waals surface area contributed by atoms with Gasteiger partial charge in [0, 0.05) is 12.1 Å². The lowest BCUT2D eigenvalue weighted by Gasteiger charge is -2.20. The Kier molecular flexibility index (Phi) is 4.59. The Morgan fingerprint density at radius 1 is 1.27 bits per heavy atom. The van der Waals surface area contributed by atoms with Crippen molar-refractivity contribution in [3.63, 3.8) is 0 Å². The molecule has 0 heterocycles. The van der Waals surface area contributed by atoms with E-state index in [9.17, 15) is 0 Å². The molecule has 0 bridgehead atoms. The molecule has 0 saturated carbocycles. The molecule has 3 N–H and O–H groups in total. The number of benzene rings is 1. The van der Waals surface area contributed by atoms with Crippen molar-refractivity contribution in [3.05, 3.63) is 29.8 Å². The molecule has 0 fully saturated rings. The highest BCUT2D eigenvalue weighted by atomic mass is 16.3. The number of rotatable bonds is 5. The summed E-state index contributed by atoms with van der Waals surface area (Å²) in [7, 11) is 0. The van der Waals surface area contributed by atoms with Crippen molar-refractivity contribution in [3.8, 4) is 5.75 Å². The molecular formula is C12H19NO2. The molecule has 0 amide bonds. The maximum absolute atomic E-state index is 9.15. The third kappa shape index (κ3) is 3.53. The molecule has 2 unspecified atom stereocenters. The van der Waals surface area contributed by atoms with Gasteiger partial charge in [-0.3, -0.25) is 0 Å². The second-order valence-corrected chi connectivity index (χ2v) is 3.77. The molecule has 0 saturated heterocycles. The number of aliphatic hydroxyl groups excluding tert-OH is 1. The fourth-order valence-electron chi connectivity index (χ4n) is 1.51. The lowest BCUT2D eigenvalue weighted by molar-refractivity contribution is 0.230. The number of aromatic hydroxyl groups is 1. The molecule has 2 atom stereocenters. The molecule has 0 aromatic heterocycles. The minimum atomic E-state index is 0.133. The van der Waals surface area contributed by atoms with Crippen LogP contribution in [0.15, 0.2) is 24.3 Å². The Morgan fingerprint density at radius 2 is 1.87 bits per heavy atom. The van der Waals surface area contributed by atoms with E-state index in [1.165, 1.54) is 0 Å². The second-order valence-electron chi connectivity index (χ2n) is 3.77. The zero-order chi connectivity index (χ0) is 11.3. The standard InChI is InChI=1S/C12H19NO2/c1-3-11(8-14)13-9(2)10-4-6-12(15)7-5-10/h4-7,9,11,13-15H,3,8H2,1-2H3. The van der Waals surface area contributed by atoms with Crippen LogP contribution in [0, 0.1) is 0 Å². The molecule has 0 radical (unpaired) electrons. The molecule has 3 nitrogen and oxygen atoms in total. The van der Waals surface area contributed by atoms with Gasteiger partial charge in [0.15, 0.2) is 0 Å². The number of hydrogen-bond donors (Lipinski definition) is 3. The summed E-state index contributed by atoms with van der Waals surface area (Å²) >= 11 is 0. The van der Waals surface area contributed by atoms with Crippen LogP contribution in [0.5, 0.6) is 5.75 Å². The highest BCUT2D eigenvalue weighted by Gasteiger charge is 2.10. The normalized spacial score (nSPS) is 14.9. The SMILES string of the molecule is CCC(CO)NC(C)c1ccc(O)cc1. The Hall–Kier alpha value is -1.06. The third-order valence-corrected chi connectivity index (χ3v) is 2.59. The fraction of sp³-hybridized carbons (Fsp3) is 0.500. The number of aliphatic hydroxyl groups is 1. The molecule has 15 heavy (non-hydrogen) atoms. The molecule has 1 aromatic rings. The number of phenolic OH excluding ortho intramolecular Hbond substituents is 1. The van der Waals surface area contributed by atoms with Crippen LogP contribution in [-0.4, -0.2) is 22.9 Å². The largest absolute Gasteiger partial charge is 0.508 e. The first-order chi connectivity index (χ1) is 7.17. The van der Waals surface area contributed by atoms with Gasteiger partial charge in [0.2, 0.25) is 0 Å². The average molecular weight is 209 g/mol. The zero-order valence-corrected chi connectivity index (χ0v) is 9.27. The van der Waals surface area contributed by atoms with Crippen LogP contribution in [0.4, 0.5) is 0 Å². The van der Waals surface area contributed by atoms with Crippen molar-refractivity contribution in [2.24, 2.45) is 0 Å². The van der Waals surface area contributed by atoms with Crippen LogP contribution >= 0.6 is 0 Å². The van der Waals surface area contributed by atoms with Crippen LogP contribution in [-0.2, 0) is 0 Å². The van der Waals surface area contributed by atoms with E-state index in [-0.39, 0.29) is 24.4 Å². The quantitative estimate of drug-likeness (QED) is 0.693. The van der Waals surface area contributed by atoms with Gasteiger partial charge in [-0.1, -0.05) is 19.1 Å². The van der Waals surface area contributed by atoms with Crippen LogP contribution in [0.3, 0.4) is 0 Å². The molecule has 0 aliphatic heterocycles. The summed E-state index contributed by atoms with van der Waals surface area (Å²) in [5, 5.41) is 21.5. The van der Waals surface area contributed by atoms with E-state index in [0.717, 1.165) is 12.0 Å². The van der Waals surface area contributed by atoms with Crippen molar-refractivity contribution in [2.75, 3.05) is 6.61 Å². The predicted octanol–water partition coefficient (Wildman–Crippen LogP) is 1.81. The molecule has 0 aliphatic carbocycles. The maximum atomic E-state index is 9.15. The maximum Gasteiger partial charge on any atom is 0.115 e. The highest BCUT2D eigenvalue weighted by Crippen LogP contribution is 2.17. The van der Waals surface area contributed by atoms with Crippen LogP contribution in [0.1, 0.15) is 31.9 Å². The van der Waals surface area contributed by atoms with Gasteiger partial charge in [-0.05, 0) is 31.0 Å². The lowest BCUT2D eigenvalue weighted by atomic mass is 10.1. The minimum Gasteiger partial charge on any atom is -0.508 e. The predicted molar refractivity (Wildman–Crippen MR) is 60.8 cm³/mol. The van der Waals surface area contributed by atoms with Crippen molar-refractivity contribution >= 4 is 0 Å². The van der Waals surface area contributed by atoms with Gasteiger partial charge in [0.1, 0.15) is 5.75 Å². The van der Waals surface area contributed by atoms with E-state index in [2.05, 4.69) is 5.32 Å². The van der Waals surface area contributed by atoms with Crippen LogP contribution < -0.4 is 5.32 Å². The van der Waals surface area contributed by atoms with Gasteiger partial charge >= 0.3 is 0 Å². The van der Waals surface area contributed by atoms with Gasteiger partial charge in [0.25, 0.3) is 0 Å². The van der Waals surface area contributed by atoms with Crippen molar-refractivity contribution in [1.82, 2.24) is 5.32 Å². The Bertz CT molecular complexity index is 280. The van der Waals surface area contributed by atoms with E-state index in [4.69, 9.17) is 10.2 Å². The topological polar surface area (TPSA) is 52.5 Å². The number of hydrogen-bond acceptors (Lipinski definition) is 3. The monoisotopic (exact) mass is 209 g/mol. The van der Waals surface area contributed by atoms with E-state index >= 15 is 0 Å². The second kappa shape index (κ2) is 5.73. The van der Waals surface area contributed by atoms with Gasteiger partial charge in [-0.2, -0.15) is 0 Å². The summed E-state index contributed by atoms with van der Waals surface area (Å²) < 4.78 is 0. The first-order valence-electron chi connectivity index (χ1n) is 5.33. The summed E-state index contributed by atoms with van der Waals surface area (Å²) in [4.78, 5) is 0. The summed E-state index contributed by atoms with van der Waals surface area (Å²) in [6.45, 7) is 4.24. The fourth-order valence-corrected chi connectivity index (χ4v) is 1.51. The van der Waals surface area contributed by atoms with Gasteiger partial charge in [-0.15, -0.1) is 0 Å². The van der Waals surface area contributed by atoms with E-state index in [1.54, 1.807) is 12.1 Å². The van der Waals surface area contributed by atoms with Crippen LogP contribution in [0.2, 0.25) is 0 Å².